The molecular formula is C12H12BrN3O3. The summed E-state index contributed by atoms with van der Waals surface area (Å²) in [7, 11) is 1.51. The lowest BCUT2D eigenvalue weighted by Gasteiger charge is -2.08. The van der Waals surface area contributed by atoms with Crippen LogP contribution in [0, 0.1) is 0 Å². The smallest absolute Gasteiger partial charge is 0.340 e. The molecule has 100 valence electrons. The Morgan fingerprint density at radius 3 is 2.89 bits per heavy atom. The average molecular weight is 326 g/mol. The van der Waals surface area contributed by atoms with Crippen LogP contribution in [0.3, 0.4) is 0 Å². The maximum atomic E-state index is 11.6. The number of hydrogen-bond donors (Lipinski definition) is 0. The SMILES string of the molecule is CCOC(=O)C(=Cc1cccc(Br)c1OC)N=[N+]=[N-]. The zero-order valence-corrected chi connectivity index (χ0v) is 12.0. The first-order valence-electron chi connectivity index (χ1n) is 5.40. The molecule has 6 nitrogen and oxygen atoms in total. The van der Waals surface area contributed by atoms with Gasteiger partial charge in [-0.15, -0.1) is 0 Å². The van der Waals surface area contributed by atoms with Gasteiger partial charge in [0.15, 0.2) is 0 Å². The van der Waals surface area contributed by atoms with E-state index in [4.69, 9.17) is 15.0 Å². The number of carbonyl (C=O) groups excluding carboxylic acids is 1. The van der Waals surface area contributed by atoms with Crippen LogP contribution >= 0.6 is 15.9 Å². The summed E-state index contributed by atoms with van der Waals surface area (Å²) in [4.78, 5) is 14.2. The average Bonchev–Trinajstić information content (AvgIpc) is 2.38. The van der Waals surface area contributed by atoms with Crippen LogP contribution < -0.4 is 4.74 Å². The van der Waals surface area contributed by atoms with E-state index in [9.17, 15) is 4.79 Å². The lowest BCUT2D eigenvalue weighted by Crippen LogP contribution is -2.05. The van der Waals surface area contributed by atoms with Crippen molar-refractivity contribution >= 4 is 28.0 Å². The molecule has 0 spiro atoms. The summed E-state index contributed by atoms with van der Waals surface area (Å²) in [6.07, 6.45) is 1.42. The Balaban J connectivity index is 3.26. The summed E-state index contributed by atoms with van der Waals surface area (Å²) in [6.45, 7) is 1.87. The number of benzene rings is 1. The number of azide groups is 1. The fourth-order valence-corrected chi connectivity index (χ4v) is 1.93. The van der Waals surface area contributed by atoms with Gasteiger partial charge in [-0.05, 0) is 40.5 Å². The number of carbonyl (C=O) groups is 1. The zero-order chi connectivity index (χ0) is 14.3. The van der Waals surface area contributed by atoms with Crippen molar-refractivity contribution in [1.82, 2.24) is 0 Å². The van der Waals surface area contributed by atoms with Crippen molar-refractivity contribution in [2.24, 2.45) is 5.11 Å². The molecule has 0 radical (unpaired) electrons. The largest absolute Gasteiger partial charge is 0.495 e. The third-order valence-electron chi connectivity index (χ3n) is 2.13. The highest BCUT2D eigenvalue weighted by molar-refractivity contribution is 9.10. The lowest BCUT2D eigenvalue weighted by atomic mass is 10.1. The molecule has 0 unspecified atom stereocenters. The number of hydrogen-bond acceptors (Lipinski definition) is 4. The second kappa shape index (κ2) is 7.45. The van der Waals surface area contributed by atoms with Gasteiger partial charge in [0.2, 0.25) is 0 Å². The first-order chi connectivity index (χ1) is 9.13. The molecule has 0 aromatic heterocycles. The molecule has 0 bridgehead atoms. The minimum atomic E-state index is -0.678. The maximum absolute atomic E-state index is 11.6. The summed E-state index contributed by atoms with van der Waals surface area (Å²) in [5, 5.41) is 3.34. The van der Waals surface area contributed by atoms with Gasteiger partial charge in [-0.3, -0.25) is 0 Å². The molecule has 1 aromatic rings. The van der Waals surface area contributed by atoms with E-state index in [1.165, 1.54) is 13.2 Å². The molecule has 0 saturated carbocycles. The molecule has 0 atom stereocenters. The molecule has 0 N–H and O–H groups in total. The van der Waals surface area contributed by atoms with Gasteiger partial charge in [0.1, 0.15) is 11.4 Å². The summed E-state index contributed by atoms with van der Waals surface area (Å²) in [6, 6.07) is 5.31. The topological polar surface area (TPSA) is 84.3 Å². The molecule has 1 rings (SSSR count). The Morgan fingerprint density at radius 1 is 1.58 bits per heavy atom. The van der Waals surface area contributed by atoms with Crippen molar-refractivity contribution in [3.63, 3.8) is 0 Å². The van der Waals surface area contributed by atoms with Gasteiger partial charge < -0.3 is 9.47 Å². The number of esters is 1. The molecule has 0 saturated heterocycles. The molecule has 0 amide bonds. The molecular weight excluding hydrogens is 314 g/mol. The molecule has 0 aliphatic rings. The Hall–Kier alpha value is -1.98. The van der Waals surface area contributed by atoms with Crippen molar-refractivity contribution in [3.8, 4) is 5.75 Å². The van der Waals surface area contributed by atoms with Crippen molar-refractivity contribution < 1.29 is 14.3 Å². The Bertz CT molecular complexity index is 551. The van der Waals surface area contributed by atoms with E-state index < -0.39 is 5.97 Å². The molecule has 0 fully saturated rings. The van der Waals surface area contributed by atoms with Crippen LogP contribution in [-0.4, -0.2) is 19.7 Å². The highest BCUT2D eigenvalue weighted by atomic mass is 79.9. The fraction of sp³-hybridized carbons (Fsp3) is 0.250. The van der Waals surface area contributed by atoms with Crippen LogP contribution in [0.15, 0.2) is 33.5 Å². The van der Waals surface area contributed by atoms with Crippen LogP contribution in [0.4, 0.5) is 0 Å². The first kappa shape index (κ1) is 15.1. The summed E-state index contributed by atoms with van der Waals surface area (Å²) in [5.74, 6) is -0.139. The summed E-state index contributed by atoms with van der Waals surface area (Å²) >= 11 is 3.33. The van der Waals surface area contributed by atoms with E-state index >= 15 is 0 Å². The van der Waals surface area contributed by atoms with Crippen LogP contribution in [0.1, 0.15) is 12.5 Å². The quantitative estimate of drug-likeness (QED) is 0.272. The van der Waals surface area contributed by atoms with E-state index in [0.717, 1.165) is 4.47 Å². The second-order valence-corrected chi connectivity index (χ2v) is 4.16. The summed E-state index contributed by atoms with van der Waals surface area (Å²) in [5.41, 5.74) is 8.96. The van der Waals surface area contributed by atoms with Gasteiger partial charge in [0, 0.05) is 10.5 Å². The van der Waals surface area contributed by atoms with Crippen molar-refractivity contribution in [1.29, 1.82) is 0 Å². The Morgan fingerprint density at radius 2 is 2.32 bits per heavy atom. The van der Waals surface area contributed by atoms with Crippen LogP contribution in [-0.2, 0) is 9.53 Å². The number of methoxy groups -OCH3 is 1. The summed E-state index contributed by atoms with van der Waals surface area (Å²) < 4.78 is 10.8. The zero-order valence-electron chi connectivity index (χ0n) is 10.5. The number of ether oxygens (including phenoxy) is 2. The van der Waals surface area contributed by atoms with Crippen LogP contribution in [0.2, 0.25) is 0 Å². The minimum absolute atomic E-state index is 0.124. The highest BCUT2D eigenvalue weighted by Gasteiger charge is 2.11. The van der Waals surface area contributed by atoms with Gasteiger partial charge in [0.25, 0.3) is 0 Å². The van der Waals surface area contributed by atoms with E-state index in [0.29, 0.717) is 11.3 Å². The van der Waals surface area contributed by atoms with Gasteiger partial charge in [-0.2, -0.15) is 0 Å². The van der Waals surface area contributed by atoms with Crippen molar-refractivity contribution in [3.05, 3.63) is 44.4 Å². The van der Waals surface area contributed by atoms with E-state index in [-0.39, 0.29) is 12.3 Å². The predicted octanol–water partition coefficient (Wildman–Crippen LogP) is 3.67. The molecule has 7 heteroatoms. The Kier molecular flexibility index (Phi) is 5.92. The predicted molar refractivity (Wildman–Crippen MR) is 74.5 cm³/mol. The Labute approximate surface area is 118 Å². The fourth-order valence-electron chi connectivity index (χ4n) is 1.38. The first-order valence-corrected chi connectivity index (χ1v) is 6.19. The van der Waals surface area contributed by atoms with E-state index in [1.807, 2.05) is 0 Å². The highest BCUT2D eigenvalue weighted by Crippen LogP contribution is 2.30. The lowest BCUT2D eigenvalue weighted by molar-refractivity contribution is -0.138. The minimum Gasteiger partial charge on any atom is -0.495 e. The standard InChI is InChI=1S/C12H12BrN3O3/c1-3-19-12(17)10(15-16-14)7-8-5-4-6-9(13)11(8)18-2/h4-7H,3H2,1-2H3. The number of nitrogens with zero attached hydrogens (tertiary/aromatic N) is 3. The molecule has 1 aromatic carbocycles. The third kappa shape index (κ3) is 4.01. The van der Waals surface area contributed by atoms with Gasteiger partial charge in [0.05, 0.1) is 18.2 Å². The number of rotatable bonds is 5. The van der Waals surface area contributed by atoms with Crippen LogP contribution in [0.5, 0.6) is 5.75 Å². The maximum Gasteiger partial charge on any atom is 0.340 e. The van der Waals surface area contributed by atoms with Crippen molar-refractivity contribution in [2.75, 3.05) is 13.7 Å². The van der Waals surface area contributed by atoms with Gasteiger partial charge in [-0.1, -0.05) is 17.2 Å². The number of para-hydroxylation sites is 1. The van der Waals surface area contributed by atoms with Gasteiger partial charge >= 0.3 is 5.97 Å². The van der Waals surface area contributed by atoms with Crippen molar-refractivity contribution in [2.45, 2.75) is 6.92 Å². The number of halogens is 1. The van der Waals surface area contributed by atoms with E-state index in [2.05, 4.69) is 26.0 Å². The van der Waals surface area contributed by atoms with Crippen LogP contribution in [0.25, 0.3) is 16.5 Å². The molecule has 0 aliphatic carbocycles. The van der Waals surface area contributed by atoms with Gasteiger partial charge in [-0.25, -0.2) is 4.79 Å². The third-order valence-corrected chi connectivity index (χ3v) is 2.76. The monoisotopic (exact) mass is 325 g/mol. The normalized spacial score (nSPS) is 10.6. The molecule has 0 heterocycles. The second-order valence-electron chi connectivity index (χ2n) is 3.30. The molecule has 19 heavy (non-hydrogen) atoms. The molecule has 0 aliphatic heterocycles. The van der Waals surface area contributed by atoms with E-state index in [1.54, 1.807) is 25.1 Å².